The quantitative estimate of drug-likeness (QED) is 0.802. The number of rotatable bonds is 6. The van der Waals surface area contributed by atoms with Gasteiger partial charge in [0.1, 0.15) is 0 Å². The molecule has 1 unspecified atom stereocenters. The number of carbonyl (C=O) groups is 1. The van der Waals surface area contributed by atoms with E-state index in [-0.39, 0.29) is 17.5 Å². The number of benzene rings is 1. The SMILES string of the molecule is CCOc1ccc(CCNC(=O)C(C)N)cc1F. The maximum Gasteiger partial charge on any atom is 0.236 e. The zero-order valence-corrected chi connectivity index (χ0v) is 10.7. The van der Waals surface area contributed by atoms with Gasteiger partial charge in [-0.25, -0.2) is 4.39 Å². The van der Waals surface area contributed by atoms with Crippen molar-refractivity contribution >= 4 is 5.91 Å². The Morgan fingerprint density at radius 3 is 2.83 bits per heavy atom. The fraction of sp³-hybridized carbons (Fsp3) is 0.462. The number of hydrogen-bond donors (Lipinski definition) is 2. The molecule has 0 spiro atoms. The number of ether oxygens (including phenoxy) is 1. The Hall–Kier alpha value is -1.62. The fourth-order valence-electron chi connectivity index (χ4n) is 1.46. The van der Waals surface area contributed by atoms with E-state index in [1.54, 1.807) is 26.0 Å². The van der Waals surface area contributed by atoms with Gasteiger partial charge in [0.05, 0.1) is 12.6 Å². The topological polar surface area (TPSA) is 64.3 Å². The van der Waals surface area contributed by atoms with Gasteiger partial charge in [0.15, 0.2) is 11.6 Å². The van der Waals surface area contributed by atoms with Gasteiger partial charge in [-0.05, 0) is 38.0 Å². The summed E-state index contributed by atoms with van der Waals surface area (Å²) in [6.45, 7) is 4.29. The molecule has 0 aliphatic rings. The lowest BCUT2D eigenvalue weighted by Crippen LogP contribution is -2.39. The molecule has 1 atom stereocenters. The number of nitrogens with one attached hydrogen (secondary N) is 1. The lowest BCUT2D eigenvalue weighted by atomic mass is 10.1. The molecule has 0 saturated heterocycles. The summed E-state index contributed by atoms with van der Waals surface area (Å²) in [6.07, 6.45) is 0.557. The highest BCUT2D eigenvalue weighted by atomic mass is 19.1. The molecule has 0 bridgehead atoms. The first-order valence-corrected chi connectivity index (χ1v) is 5.99. The van der Waals surface area contributed by atoms with Crippen molar-refractivity contribution in [1.82, 2.24) is 5.32 Å². The van der Waals surface area contributed by atoms with E-state index in [1.807, 2.05) is 0 Å². The van der Waals surface area contributed by atoms with E-state index >= 15 is 0 Å². The molecule has 1 amide bonds. The third-order valence-corrected chi connectivity index (χ3v) is 2.42. The monoisotopic (exact) mass is 254 g/mol. The Morgan fingerprint density at radius 1 is 1.56 bits per heavy atom. The molecule has 4 nitrogen and oxygen atoms in total. The Labute approximate surface area is 106 Å². The molecule has 1 aromatic carbocycles. The number of hydrogen-bond acceptors (Lipinski definition) is 3. The number of halogens is 1. The lowest BCUT2D eigenvalue weighted by Gasteiger charge is -2.09. The zero-order valence-electron chi connectivity index (χ0n) is 10.7. The maximum absolute atomic E-state index is 13.5. The summed E-state index contributed by atoms with van der Waals surface area (Å²) in [5.41, 5.74) is 6.21. The molecule has 1 aromatic rings. The van der Waals surface area contributed by atoms with Gasteiger partial charge in [0.25, 0.3) is 0 Å². The van der Waals surface area contributed by atoms with Crippen LogP contribution in [0, 0.1) is 5.82 Å². The minimum absolute atomic E-state index is 0.207. The zero-order chi connectivity index (χ0) is 13.5. The molecule has 100 valence electrons. The first kappa shape index (κ1) is 14.4. The molecule has 3 N–H and O–H groups in total. The van der Waals surface area contributed by atoms with Gasteiger partial charge in [-0.2, -0.15) is 0 Å². The minimum Gasteiger partial charge on any atom is -0.491 e. The van der Waals surface area contributed by atoms with Crippen molar-refractivity contribution in [3.05, 3.63) is 29.6 Å². The molecule has 1 rings (SSSR count). The number of carbonyl (C=O) groups excluding carboxylic acids is 1. The van der Waals surface area contributed by atoms with Crippen LogP contribution in [0.4, 0.5) is 4.39 Å². The van der Waals surface area contributed by atoms with E-state index in [2.05, 4.69) is 5.32 Å². The summed E-state index contributed by atoms with van der Waals surface area (Å²) in [7, 11) is 0. The summed E-state index contributed by atoms with van der Waals surface area (Å²) in [5, 5.41) is 2.67. The third-order valence-electron chi connectivity index (χ3n) is 2.42. The van der Waals surface area contributed by atoms with Crippen LogP contribution in [0.15, 0.2) is 18.2 Å². The molecule has 0 aliphatic carbocycles. The van der Waals surface area contributed by atoms with E-state index < -0.39 is 6.04 Å². The lowest BCUT2D eigenvalue weighted by molar-refractivity contribution is -0.121. The van der Waals surface area contributed by atoms with E-state index in [0.717, 1.165) is 5.56 Å². The van der Waals surface area contributed by atoms with Crippen LogP contribution in [0.25, 0.3) is 0 Å². The second-order valence-electron chi connectivity index (χ2n) is 4.03. The van der Waals surface area contributed by atoms with E-state index in [4.69, 9.17) is 10.5 Å². The summed E-state index contributed by atoms with van der Waals surface area (Å²) < 4.78 is 18.6. The number of nitrogens with two attached hydrogens (primary N) is 1. The Kier molecular flexibility index (Phi) is 5.58. The fourth-order valence-corrected chi connectivity index (χ4v) is 1.46. The largest absolute Gasteiger partial charge is 0.491 e. The van der Waals surface area contributed by atoms with Crippen LogP contribution < -0.4 is 15.8 Å². The van der Waals surface area contributed by atoms with Crippen molar-refractivity contribution in [3.63, 3.8) is 0 Å². The number of amides is 1. The smallest absolute Gasteiger partial charge is 0.236 e. The standard InChI is InChI=1S/C13H19FN2O2/c1-3-18-12-5-4-10(8-11(12)14)6-7-16-13(17)9(2)15/h4-5,8-9H,3,6-7,15H2,1-2H3,(H,16,17). The highest BCUT2D eigenvalue weighted by molar-refractivity contribution is 5.80. The second-order valence-corrected chi connectivity index (χ2v) is 4.03. The third kappa shape index (κ3) is 4.33. The highest BCUT2D eigenvalue weighted by Crippen LogP contribution is 2.18. The molecule has 0 heterocycles. The van der Waals surface area contributed by atoms with Crippen molar-refractivity contribution in [1.29, 1.82) is 0 Å². The van der Waals surface area contributed by atoms with Crippen molar-refractivity contribution in [2.75, 3.05) is 13.2 Å². The normalized spacial score (nSPS) is 12.0. The van der Waals surface area contributed by atoms with Crippen LogP contribution in [-0.2, 0) is 11.2 Å². The van der Waals surface area contributed by atoms with Crippen LogP contribution in [0.3, 0.4) is 0 Å². The van der Waals surface area contributed by atoms with Crippen LogP contribution >= 0.6 is 0 Å². The van der Waals surface area contributed by atoms with Crippen LogP contribution in [0.5, 0.6) is 5.75 Å². The Morgan fingerprint density at radius 2 is 2.28 bits per heavy atom. The average Bonchev–Trinajstić information content (AvgIpc) is 2.32. The Bertz CT molecular complexity index is 408. The predicted molar refractivity (Wildman–Crippen MR) is 67.9 cm³/mol. The first-order chi connectivity index (χ1) is 8.54. The van der Waals surface area contributed by atoms with Gasteiger partial charge >= 0.3 is 0 Å². The summed E-state index contributed by atoms with van der Waals surface area (Å²) >= 11 is 0. The Balaban J connectivity index is 2.48. The maximum atomic E-state index is 13.5. The van der Waals surface area contributed by atoms with Crippen molar-refractivity contribution < 1.29 is 13.9 Å². The van der Waals surface area contributed by atoms with Gasteiger partial charge in [0.2, 0.25) is 5.91 Å². The summed E-state index contributed by atoms with van der Waals surface area (Å²) in [4.78, 5) is 11.2. The molecular formula is C13H19FN2O2. The molecule has 0 aliphatic heterocycles. The van der Waals surface area contributed by atoms with Crippen LogP contribution in [0.2, 0.25) is 0 Å². The average molecular weight is 254 g/mol. The highest BCUT2D eigenvalue weighted by Gasteiger charge is 2.07. The van der Waals surface area contributed by atoms with E-state index in [9.17, 15) is 9.18 Å². The van der Waals surface area contributed by atoms with E-state index in [0.29, 0.717) is 19.6 Å². The minimum atomic E-state index is -0.526. The van der Waals surface area contributed by atoms with Crippen LogP contribution in [0.1, 0.15) is 19.4 Å². The van der Waals surface area contributed by atoms with Crippen molar-refractivity contribution in [3.8, 4) is 5.75 Å². The summed E-state index contributed by atoms with van der Waals surface area (Å²) in [6, 6.07) is 4.28. The van der Waals surface area contributed by atoms with Gasteiger partial charge < -0.3 is 15.8 Å². The second kappa shape index (κ2) is 6.96. The van der Waals surface area contributed by atoms with Gasteiger partial charge in [-0.3, -0.25) is 4.79 Å². The predicted octanol–water partition coefficient (Wildman–Crippen LogP) is 1.23. The first-order valence-electron chi connectivity index (χ1n) is 5.99. The molecule has 5 heteroatoms. The molecular weight excluding hydrogens is 235 g/mol. The van der Waals surface area contributed by atoms with Gasteiger partial charge in [-0.15, -0.1) is 0 Å². The van der Waals surface area contributed by atoms with Crippen LogP contribution in [-0.4, -0.2) is 25.1 Å². The molecule has 0 saturated carbocycles. The molecule has 0 radical (unpaired) electrons. The summed E-state index contributed by atoms with van der Waals surface area (Å²) in [5.74, 6) is -0.338. The molecule has 0 fully saturated rings. The van der Waals surface area contributed by atoms with Gasteiger partial charge in [-0.1, -0.05) is 6.07 Å². The molecule has 18 heavy (non-hydrogen) atoms. The molecule has 0 aromatic heterocycles. The van der Waals surface area contributed by atoms with Crippen molar-refractivity contribution in [2.45, 2.75) is 26.3 Å². The van der Waals surface area contributed by atoms with E-state index in [1.165, 1.54) is 6.07 Å². The van der Waals surface area contributed by atoms with Gasteiger partial charge in [0, 0.05) is 6.54 Å². The van der Waals surface area contributed by atoms with Crippen molar-refractivity contribution in [2.24, 2.45) is 5.73 Å².